The van der Waals surface area contributed by atoms with Crippen LogP contribution in [0, 0.1) is 0 Å². The number of carbonyl (C=O) groups is 3. The number of carbonyl (C=O) groups excluding carboxylic acids is 3. The van der Waals surface area contributed by atoms with Crippen molar-refractivity contribution in [2.45, 2.75) is 51.2 Å². The van der Waals surface area contributed by atoms with E-state index in [0.717, 1.165) is 5.56 Å². The fourth-order valence-electron chi connectivity index (χ4n) is 4.87. The zero-order valence-electron chi connectivity index (χ0n) is 26.7. The molecular formula is C37H41N3O7. The summed E-state index contributed by atoms with van der Waals surface area (Å²) in [4.78, 5) is 40.9. The van der Waals surface area contributed by atoms with Crippen LogP contribution in [0.2, 0.25) is 0 Å². The maximum absolute atomic E-state index is 13.5. The fourth-order valence-corrected chi connectivity index (χ4v) is 4.87. The van der Waals surface area contributed by atoms with Gasteiger partial charge in [-0.15, -0.1) is 0 Å². The molecule has 4 N–H and O–H groups in total. The molecule has 3 atom stereocenters. The Hall–Kier alpha value is -5.19. The zero-order chi connectivity index (χ0) is 33.8. The van der Waals surface area contributed by atoms with Gasteiger partial charge in [-0.3, -0.25) is 9.69 Å². The first-order valence-corrected chi connectivity index (χ1v) is 15.3. The zero-order valence-corrected chi connectivity index (χ0v) is 26.7. The van der Waals surface area contributed by atoms with Crippen LogP contribution in [0.3, 0.4) is 0 Å². The van der Waals surface area contributed by atoms with Gasteiger partial charge in [-0.05, 0) is 55.2 Å². The summed E-state index contributed by atoms with van der Waals surface area (Å²) < 4.78 is 11.0. The van der Waals surface area contributed by atoms with Gasteiger partial charge in [-0.25, -0.2) is 9.59 Å². The van der Waals surface area contributed by atoms with Crippen molar-refractivity contribution in [2.75, 3.05) is 18.5 Å². The van der Waals surface area contributed by atoms with E-state index < -0.39 is 48.5 Å². The van der Waals surface area contributed by atoms with Gasteiger partial charge in [0.25, 0.3) is 5.91 Å². The average Bonchev–Trinajstić information content (AvgIpc) is 3.06. The monoisotopic (exact) mass is 639 g/mol. The molecule has 0 radical (unpaired) electrons. The second-order valence-electron chi connectivity index (χ2n) is 11.9. The van der Waals surface area contributed by atoms with Crippen LogP contribution < -0.4 is 10.6 Å². The predicted octanol–water partition coefficient (Wildman–Crippen LogP) is 6.30. The van der Waals surface area contributed by atoms with Crippen molar-refractivity contribution in [3.8, 4) is 0 Å². The first-order valence-electron chi connectivity index (χ1n) is 15.3. The summed E-state index contributed by atoms with van der Waals surface area (Å²) in [5.74, 6) is -0.528. The van der Waals surface area contributed by atoms with Crippen molar-refractivity contribution in [1.29, 1.82) is 0 Å². The van der Waals surface area contributed by atoms with Gasteiger partial charge < -0.3 is 30.3 Å². The molecule has 4 aromatic rings. The topological polar surface area (TPSA) is 137 Å². The molecule has 0 aliphatic heterocycles. The van der Waals surface area contributed by atoms with Crippen molar-refractivity contribution in [2.24, 2.45) is 0 Å². The Morgan fingerprint density at radius 3 is 1.96 bits per heavy atom. The molecule has 0 aliphatic rings. The predicted molar refractivity (Wildman–Crippen MR) is 178 cm³/mol. The SMILES string of the molecule is CC(C)(C)OC(=O)N(C[C@H](O)c1cccc(NC(=O)[C@@H](NC(=O)OCc2ccccc2)c2ccccc2)c1)[C@H](CO)c1ccccc1. The largest absolute Gasteiger partial charge is 0.445 e. The number of benzene rings is 4. The van der Waals surface area contributed by atoms with Crippen LogP contribution in [-0.4, -0.2) is 52.0 Å². The summed E-state index contributed by atoms with van der Waals surface area (Å²) in [5, 5.41) is 27.1. The van der Waals surface area contributed by atoms with Crippen molar-refractivity contribution in [1.82, 2.24) is 10.2 Å². The molecule has 10 heteroatoms. The van der Waals surface area contributed by atoms with E-state index in [4.69, 9.17) is 9.47 Å². The second-order valence-corrected chi connectivity index (χ2v) is 11.9. The van der Waals surface area contributed by atoms with Gasteiger partial charge >= 0.3 is 12.2 Å². The van der Waals surface area contributed by atoms with Crippen LogP contribution in [0.1, 0.15) is 61.2 Å². The highest BCUT2D eigenvalue weighted by atomic mass is 16.6. The summed E-state index contributed by atoms with van der Waals surface area (Å²) in [7, 11) is 0. The van der Waals surface area contributed by atoms with Crippen LogP contribution in [0.4, 0.5) is 15.3 Å². The number of aliphatic hydroxyl groups excluding tert-OH is 2. The van der Waals surface area contributed by atoms with Crippen molar-refractivity contribution in [3.05, 3.63) is 138 Å². The van der Waals surface area contributed by atoms with E-state index in [1.165, 1.54) is 4.90 Å². The molecule has 0 spiro atoms. The lowest BCUT2D eigenvalue weighted by atomic mass is 10.0. The maximum Gasteiger partial charge on any atom is 0.410 e. The number of hydrogen-bond acceptors (Lipinski definition) is 7. The van der Waals surface area contributed by atoms with Crippen LogP contribution in [0.15, 0.2) is 115 Å². The average molecular weight is 640 g/mol. The molecule has 0 fully saturated rings. The highest BCUT2D eigenvalue weighted by molar-refractivity contribution is 5.97. The molecular weight excluding hydrogens is 598 g/mol. The summed E-state index contributed by atoms with van der Waals surface area (Å²) in [6, 6.07) is 31.7. The molecule has 0 heterocycles. The fraction of sp³-hybridized carbons (Fsp3) is 0.270. The maximum atomic E-state index is 13.5. The summed E-state index contributed by atoms with van der Waals surface area (Å²) in [6.07, 6.45) is -2.66. The minimum Gasteiger partial charge on any atom is -0.445 e. The third-order valence-electron chi connectivity index (χ3n) is 7.14. The standard InChI is InChI=1S/C37H41N3O7/c1-37(2,3)47-36(45)40(31(24-41)27-16-9-5-10-17-27)23-32(42)29-20-13-21-30(22-29)38-34(43)33(28-18-11-6-12-19-28)39-35(44)46-25-26-14-7-4-8-15-26/h4-22,31-33,41-42H,23-25H2,1-3H3,(H,38,43)(H,39,44)/t31-,32+,33+/m1/s1. The number of nitrogens with one attached hydrogen (secondary N) is 2. The number of anilines is 1. The lowest BCUT2D eigenvalue weighted by Crippen LogP contribution is -2.42. The molecule has 0 aliphatic carbocycles. The Morgan fingerprint density at radius 1 is 0.787 bits per heavy atom. The molecule has 0 aromatic heterocycles. The minimum absolute atomic E-state index is 0.0391. The number of nitrogens with zero attached hydrogens (tertiary/aromatic N) is 1. The van der Waals surface area contributed by atoms with Gasteiger partial charge in [0.05, 0.1) is 25.3 Å². The van der Waals surface area contributed by atoms with Crippen LogP contribution >= 0.6 is 0 Å². The van der Waals surface area contributed by atoms with Crippen molar-refractivity contribution in [3.63, 3.8) is 0 Å². The Morgan fingerprint density at radius 2 is 1.36 bits per heavy atom. The number of hydrogen-bond donors (Lipinski definition) is 4. The lowest BCUT2D eigenvalue weighted by Gasteiger charge is -2.34. The number of alkyl carbamates (subject to hydrolysis) is 1. The van der Waals surface area contributed by atoms with Gasteiger partial charge in [0.15, 0.2) is 0 Å². The highest BCUT2D eigenvalue weighted by Gasteiger charge is 2.31. The number of rotatable bonds is 12. The van der Waals surface area contributed by atoms with Gasteiger partial charge in [-0.2, -0.15) is 0 Å². The third kappa shape index (κ3) is 10.4. The first-order chi connectivity index (χ1) is 22.5. The quantitative estimate of drug-likeness (QED) is 0.143. The van der Waals surface area contributed by atoms with Gasteiger partial charge in [-0.1, -0.05) is 103 Å². The second kappa shape index (κ2) is 16.4. The van der Waals surface area contributed by atoms with E-state index in [-0.39, 0.29) is 13.2 Å². The molecule has 3 amide bonds. The molecule has 10 nitrogen and oxygen atoms in total. The van der Waals surface area contributed by atoms with Gasteiger partial charge in [0.2, 0.25) is 0 Å². The van der Waals surface area contributed by atoms with Crippen LogP contribution in [0.25, 0.3) is 0 Å². The van der Waals surface area contributed by atoms with Gasteiger partial charge in [0.1, 0.15) is 18.2 Å². The molecule has 4 rings (SSSR count). The summed E-state index contributed by atoms with van der Waals surface area (Å²) >= 11 is 0. The van der Waals surface area contributed by atoms with E-state index in [1.54, 1.807) is 99.6 Å². The third-order valence-corrected chi connectivity index (χ3v) is 7.14. The van der Waals surface area contributed by atoms with E-state index in [0.29, 0.717) is 22.4 Å². The Labute approximate surface area is 275 Å². The van der Waals surface area contributed by atoms with Crippen molar-refractivity contribution < 1.29 is 34.1 Å². The number of aliphatic hydroxyl groups is 2. The molecule has 0 saturated carbocycles. The molecule has 4 aromatic carbocycles. The Bertz CT molecular complexity index is 1590. The van der Waals surface area contributed by atoms with E-state index in [1.807, 2.05) is 36.4 Å². The Balaban J connectivity index is 1.50. The van der Waals surface area contributed by atoms with Crippen molar-refractivity contribution >= 4 is 23.8 Å². The first kappa shape index (κ1) is 34.7. The number of ether oxygens (including phenoxy) is 2. The van der Waals surface area contributed by atoms with E-state index in [9.17, 15) is 24.6 Å². The normalized spacial score (nSPS) is 13.0. The van der Waals surface area contributed by atoms with E-state index in [2.05, 4.69) is 10.6 Å². The van der Waals surface area contributed by atoms with Crippen LogP contribution in [0.5, 0.6) is 0 Å². The summed E-state index contributed by atoms with van der Waals surface area (Å²) in [6.45, 7) is 4.66. The molecule has 0 bridgehead atoms. The number of amides is 3. The van der Waals surface area contributed by atoms with Crippen LogP contribution in [-0.2, 0) is 20.9 Å². The Kier molecular flexibility index (Phi) is 12.1. The van der Waals surface area contributed by atoms with Gasteiger partial charge in [0, 0.05) is 5.69 Å². The molecule has 0 saturated heterocycles. The molecule has 0 unspecified atom stereocenters. The lowest BCUT2D eigenvalue weighted by molar-refractivity contribution is -0.118. The molecule has 47 heavy (non-hydrogen) atoms. The van der Waals surface area contributed by atoms with E-state index >= 15 is 0 Å². The smallest absolute Gasteiger partial charge is 0.410 e. The minimum atomic E-state index is -1.20. The summed E-state index contributed by atoms with van der Waals surface area (Å²) in [5.41, 5.74) is 1.99. The molecule has 246 valence electrons. The highest BCUT2D eigenvalue weighted by Crippen LogP contribution is 2.27.